The molecular formula is C21H39N5O5. The smallest absolute Gasteiger partial charge is 0.245 e. The van der Waals surface area contributed by atoms with E-state index in [4.69, 9.17) is 0 Å². The molecule has 0 bridgehead atoms. The highest BCUT2D eigenvalue weighted by Crippen LogP contribution is 2.10. The molecule has 4 amide bonds. The Morgan fingerprint density at radius 3 is 2.16 bits per heavy atom. The van der Waals surface area contributed by atoms with E-state index in [0.29, 0.717) is 25.5 Å². The third-order valence-electron chi connectivity index (χ3n) is 4.46. The van der Waals surface area contributed by atoms with Crippen LogP contribution in [0.4, 0.5) is 0 Å². The number of carbonyl (C=O) groups excluding carboxylic acids is 5. The van der Waals surface area contributed by atoms with Gasteiger partial charge in [-0.15, -0.1) is 0 Å². The van der Waals surface area contributed by atoms with Crippen molar-refractivity contribution in [2.45, 2.75) is 77.9 Å². The number of hydrogen-bond acceptors (Lipinski definition) is 6. The van der Waals surface area contributed by atoms with Gasteiger partial charge in [0.25, 0.3) is 0 Å². The molecule has 2 atom stereocenters. The number of rotatable bonds is 15. The van der Waals surface area contributed by atoms with E-state index in [1.54, 1.807) is 7.05 Å². The van der Waals surface area contributed by atoms with E-state index in [2.05, 4.69) is 26.6 Å². The molecular weight excluding hydrogens is 402 g/mol. The predicted molar refractivity (Wildman–Crippen MR) is 118 cm³/mol. The minimum Gasteiger partial charge on any atom is -0.354 e. The molecule has 0 aliphatic heterocycles. The maximum absolute atomic E-state index is 12.8. The lowest BCUT2D eigenvalue weighted by atomic mass is 9.99. The minimum absolute atomic E-state index is 0.0731. The van der Waals surface area contributed by atoms with Gasteiger partial charge >= 0.3 is 0 Å². The van der Waals surface area contributed by atoms with Gasteiger partial charge in [-0.3, -0.25) is 19.2 Å². The highest BCUT2D eigenvalue weighted by molar-refractivity contribution is 5.96. The maximum Gasteiger partial charge on any atom is 0.245 e. The zero-order valence-electron chi connectivity index (χ0n) is 19.6. The summed E-state index contributed by atoms with van der Waals surface area (Å²) < 4.78 is 0. The molecule has 0 saturated heterocycles. The van der Waals surface area contributed by atoms with Crippen LogP contribution >= 0.6 is 0 Å². The summed E-state index contributed by atoms with van der Waals surface area (Å²) in [5.41, 5.74) is -1.31. The standard InChI is InChI=1S/C21H39N5O5/c1-7-9-15(18(29)23-10-8-11-27)25-20(31)21(4,5)26-19(30)16(12-14(2)3)24-17(28)13-22-6/h11,14-16,22H,7-10,12-13H2,1-6H3,(H,23,29)(H,24,28)(H,25,31)(H,26,30). The molecule has 0 aliphatic carbocycles. The molecule has 0 radical (unpaired) electrons. The lowest BCUT2D eigenvalue weighted by Gasteiger charge is -2.30. The number of amides is 4. The fourth-order valence-corrected chi connectivity index (χ4v) is 2.83. The molecule has 5 N–H and O–H groups in total. The van der Waals surface area contributed by atoms with Gasteiger partial charge in [0.1, 0.15) is 23.9 Å². The number of likely N-dealkylation sites (N-methyl/N-ethyl adjacent to an activating group) is 1. The molecule has 0 fully saturated rings. The lowest BCUT2D eigenvalue weighted by Crippen LogP contribution is -2.62. The van der Waals surface area contributed by atoms with Gasteiger partial charge in [0.05, 0.1) is 6.54 Å². The minimum atomic E-state index is -1.31. The van der Waals surface area contributed by atoms with Crippen molar-refractivity contribution in [3.63, 3.8) is 0 Å². The highest BCUT2D eigenvalue weighted by Gasteiger charge is 2.35. The Morgan fingerprint density at radius 2 is 1.65 bits per heavy atom. The molecule has 2 unspecified atom stereocenters. The van der Waals surface area contributed by atoms with Gasteiger partial charge in [-0.1, -0.05) is 27.2 Å². The van der Waals surface area contributed by atoms with Crippen molar-refractivity contribution in [2.24, 2.45) is 5.92 Å². The molecule has 0 aromatic rings. The Bertz CT molecular complexity index is 621. The van der Waals surface area contributed by atoms with E-state index in [0.717, 1.165) is 0 Å². The average molecular weight is 442 g/mol. The molecule has 0 saturated carbocycles. The fourth-order valence-electron chi connectivity index (χ4n) is 2.83. The summed E-state index contributed by atoms with van der Waals surface area (Å²) in [5, 5.41) is 13.4. The Hall–Kier alpha value is -2.49. The zero-order chi connectivity index (χ0) is 24.0. The van der Waals surface area contributed by atoms with Gasteiger partial charge < -0.3 is 31.4 Å². The van der Waals surface area contributed by atoms with Crippen molar-refractivity contribution >= 4 is 29.9 Å². The quantitative estimate of drug-likeness (QED) is 0.173. The Kier molecular flexibility index (Phi) is 13.3. The zero-order valence-corrected chi connectivity index (χ0v) is 19.6. The van der Waals surface area contributed by atoms with Gasteiger partial charge in [0.2, 0.25) is 23.6 Å². The molecule has 31 heavy (non-hydrogen) atoms. The number of hydrogen-bond donors (Lipinski definition) is 5. The van der Waals surface area contributed by atoms with Crippen LogP contribution in [-0.2, 0) is 24.0 Å². The Balaban J connectivity index is 5.18. The van der Waals surface area contributed by atoms with Crippen molar-refractivity contribution in [2.75, 3.05) is 20.1 Å². The second-order valence-corrected chi connectivity index (χ2v) is 8.46. The first-order valence-corrected chi connectivity index (χ1v) is 10.8. The molecule has 0 heterocycles. The first-order chi connectivity index (χ1) is 14.5. The Morgan fingerprint density at radius 1 is 1.00 bits per heavy atom. The van der Waals surface area contributed by atoms with Crippen molar-refractivity contribution in [3.05, 3.63) is 0 Å². The van der Waals surface area contributed by atoms with Gasteiger partial charge in [-0.25, -0.2) is 0 Å². The number of aldehydes is 1. The maximum atomic E-state index is 12.8. The third kappa shape index (κ3) is 11.5. The first-order valence-electron chi connectivity index (χ1n) is 10.8. The second-order valence-electron chi connectivity index (χ2n) is 8.46. The summed E-state index contributed by atoms with van der Waals surface area (Å²) >= 11 is 0. The van der Waals surface area contributed by atoms with Gasteiger partial charge in [-0.2, -0.15) is 0 Å². The topological polar surface area (TPSA) is 146 Å². The SMILES string of the molecule is CCCC(NC(=O)C(C)(C)NC(=O)C(CC(C)C)NC(=O)CNC)C(=O)NCCC=O. The molecule has 0 aromatic carbocycles. The van der Waals surface area contributed by atoms with Gasteiger partial charge in [0.15, 0.2) is 0 Å². The van der Waals surface area contributed by atoms with Crippen molar-refractivity contribution in [1.82, 2.24) is 26.6 Å². The van der Waals surface area contributed by atoms with Crippen molar-refractivity contribution in [3.8, 4) is 0 Å². The molecule has 10 heteroatoms. The summed E-state index contributed by atoms with van der Waals surface area (Å²) in [6.45, 7) is 9.09. The molecule has 0 aromatic heterocycles. The summed E-state index contributed by atoms with van der Waals surface area (Å²) in [4.78, 5) is 60.3. The largest absolute Gasteiger partial charge is 0.354 e. The fraction of sp³-hybridized carbons (Fsp3) is 0.762. The molecule has 10 nitrogen and oxygen atoms in total. The van der Waals surface area contributed by atoms with Crippen LogP contribution in [0, 0.1) is 5.92 Å². The second kappa shape index (κ2) is 14.5. The van der Waals surface area contributed by atoms with Crippen molar-refractivity contribution < 1.29 is 24.0 Å². The molecule has 0 spiro atoms. The van der Waals surface area contributed by atoms with Crippen LogP contribution in [-0.4, -0.2) is 67.7 Å². The summed E-state index contributed by atoms with van der Waals surface area (Å²) in [6, 6.07) is -1.56. The van der Waals surface area contributed by atoms with Gasteiger partial charge in [0, 0.05) is 13.0 Å². The molecule has 0 rings (SSSR count). The average Bonchev–Trinajstić information content (AvgIpc) is 2.66. The number of carbonyl (C=O) groups is 5. The monoisotopic (exact) mass is 441 g/mol. The van der Waals surface area contributed by atoms with E-state index in [1.807, 2.05) is 20.8 Å². The van der Waals surface area contributed by atoms with E-state index in [1.165, 1.54) is 13.8 Å². The van der Waals surface area contributed by atoms with E-state index < -0.39 is 29.4 Å². The summed E-state index contributed by atoms with van der Waals surface area (Å²) in [7, 11) is 1.63. The van der Waals surface area contributed by atoms with E-state index in [9.17, 15) is 24.0 Å². The highest BCUT2D eigenvalue weighted by atomic mass is 16.2. The van der Waals surface area contributed by atoms with Crippen LogP contribution in [0.15, 0.2) is 0 Å². The van der Waals surface area contributed by atoms with Crippen LogP contribution in [0.3, 0.4) is 0 Å². The normalized spacial score (nSPS) is 13.1. The lowest BCUT2D eigenvalue weighted by molar-refractivity contribution is -0.136. The third-order valence-corrected chi connectivity index (χ3v) is 4.46. The first kappa shape index (κ1) is 28.5. The number of nitrogens with one attached hydrogen (secondary N) is 5. The molecule has 0 aliphatic rings. The summed E-state index contributed by atoms with van der Waals surface area (Å²) in [6.07, 6.45) is 2.38. The Labute approximate surface area is 185 Å². The van der Waals surface area contributed by atoms with E-state index in [-0.39, 0.29) is 37.2 Å². The predicted octanol–water partition coefficient (Wildman–Crippen LogP) is -0.378. The van der Waals surface area contributed by atoms with Crippen LogP contribution in [0.5, 0.6) is 0 Å². The van der Waals surface area contributed by atoms with Crippen LogP contribution in [0.25, 0.3) is 0 Å². The van der Waals surface area contributed by atoms with Crippen LogP contribution < -0.4 is 26.6 Å². The van der Waals surface area contributed by atoms with Crippen LogP contribution in [0.1, 0.15) is 60.3 Å². The van der Waals surface area contributed by atoms with Gasteiger partial charge in [-0.05, 0) is 39.7 Å². The van der Waals surface area contributed by atoms with Crippen molar-refractivity contribution in [1.29, 1.82) is 0 Å². The summed E-state index contributed by atoms with van der Waals surface area (Å²) in [5.74, 6) is -1.54. The molecule has 178 valence electrons. The van der Waals surface area contributed by atoms with Crippen LogP contribution in [0.2, 0.25) is 0 Å². The van der Waals surface area contributed by atoms with E-state index >= 15 is 0 Å².